The van der Waals surface area contributed by atoms with Crippen LogP contribution in [0.2, 0.25) is 0 Å². The van der Waals surface area contributed by atoms with E-state index in [0.29, 0.717) is 24.3 Å². The van der Waals surface area contributed by atoms with Gasteiger partial charge in [-0.1, -0.05) is 26.2 Å². The molecule has 0 saturated heterocycles. The number of carbonyl (C=O) groups excluding carboxylic acids is 2. The van der Waals surface area contributed by atoms with Crippen LogP contribution in [0.3, 0.4) is 0 Å². The first-order valence-corrected chi connectivity index (χ1v) is 9.70. The third kappa shape index (κ3) is 2.98. The molecule has 8 heteroatoms. The molecule has 0 spiro atoms. The summed E-state index contributed by atoms with van der Waals surface area (Å²) in [6.07, 6.45) is 7.75. The van der Waals surface area contributed by atoms with E-state index in [1.165, 1.54) is 26.3 Å². The number of likely N-dealkylation sites (N-methyl/N-ethyl adjacent to an activating group) is 1. The van der Waals surface area contributed by atoms with Crippen LogP contribution < -0.4 is 16.0 Å². The Kier molecular flexibility index (Phi) is 4.63. The SMILES string of the molecule is CC[C@@H]1CCCC[C@@H]1n1nc(NC(=O)C(=O)NC)c2c1-c1cc[nH]c1NC2. The zero-order chi connectivity index (χ0) is 19.0. The first-order chi connectivity index (χ1) is 13.1. The van der Waals surface area contributed by atoms with Crippen LogP contribution in [0.15, 0.2) is 12.3 Å². The second kappa shape index (κ2) is 7.09. The third-order valence-electron chi connectivity index (χ3n) is 5.83. The molecule has 2 aliphatic rings. The summed E-state index contributed by atoms with van der Waals surface area (Å²) in [5, 5.41) is 13.2. The molecule has 144 valence electrons. The van der Waals surface area contributed by atoms with Crippen molar-refractivity contribution in [3.05, 3.63) is 17.8 Å². The average Bonchev–Trinajstić information content (AvgIpc) is 3.31. The second-order valence-corrected chi connectivity index (χ2v) is 7.29. The molecule has 8 nitrogen and oxygen atoms in total. The molecule has 3 heterocycles. The molecule has 1 aliphatic heterocycles. The van der Waals surface area contributed by atoms with Gasteiger partial charge < -0.3 is 20.9 Å². The number of nitrogens with one attached hydrogen (secondary N) is 4. The lowest BCUT2D eigenvalue weighted by molar-refractivity contribution is -0.135. The van der Waals surface area contributed by atoms with Crippen molar-refractivity contribution in [3.63, 3.8) is 0 Å². The van der Waals surface area contributed by atoms with E-state index in [4.69, 9.17) is 5.10 Å². The molecule has 1 fully saturated rings. The van der Waals surface area contributed by atoms with Crippen molar-refractivity contribution in [2.75, 3.05) is 17.7 Å². The summed E-state index contributed by atoms with van der Waals surface area (Å²) in [6.45, 7) is 2.78. The maximum Gasteiger partial charge on any atom is 0.314 e. The summed E-state index contributed by atoms with van der Waals surface area (Å²) in [7, 11) is 1.44. The Hall–Kier alpha value is -2.77. The number of amides is 2. The third-order valence-corrected chi connectivity index (χ3v) is 5.83. The molecule has 1 aliphatic carbocycles. The number of H-pyrrole nitrogens is 1. The van der Waals surface area contributed by atoms with Gasteiger partial charge in [0.1, 0.15) is 5.82 Å². The lowest BCUT2D eigenvalue weighted by atomic mass is 9.82. The van der Waals surface area contributed by atoms with E-state index >= 15 is 0 Å². The molecule has 0 radical (unpaired) electrons. The lowest BCUT2D eigenvalue weighted by Crippen LogP contribution is -2.33. The van der Waals surface area contributed by atoms with Gasteiger partial charge in [-0.25, -0.2) is 0 Å². The van der Waals surface area contributed by atoms with Gasteiger partial charge in [-0.2, -0.15) is 5.10 Å². The van der Waals surface area contributed by atoms with Crippen LogP contribution in [0.25, 0.3) is 11.3 Å². The molecule has 2 aromatic heterocycles. The normalized spacial score (nSPS) is 21.0. The number of hydrogen-bond donors (Lipinski definition) is 4. The zero-order valence-corrected chi connectivity index (χ0v) is 15.8. The highest BCUT2D eigenvalue weighted by Gasteiger charge is 2.33. The van der Waals surface area contributed by atoms with Crippen LogP contribution in [0.4, 0.5) is 11.6 Å². The summed E-state index contributed by atoms with van der Waals surface area (Å²) in [5.74, 6) is 0.645. The number of fused-ring (bicyclic) bond motifs is 3. The number of carbonyl (C=O) groups is 2. The van der Waals surface area contributed by atoms with Gasteiger partial charge in [-0.3, -0.25) is 14.3 Å². The molecular weight excluding hydrogens is 344 g/mol. The summed E-state index contributed by atoms with van der Waals surface area (Å²) >= 11 is 0. The minimum atomic E-state index is -0.694. The van der Waals surface area contributed by atoms with Crippen molar-refractivity contribution >= 4 is 23.5 Å². The van der Waals surface area contributed by atoms with Crippen molar-refractivity contribution < 1.29 is 9.59 Å². The molecular formula is C19H26N6O2. The summed E-state index contributed by atoms with van der Waals surface area (Å²) in [6, 6.07) is 2.34. The topological polar surface area (TPSA) is 104 Å². The highest BCUT2D eigenvalue weighted by molar-refractivity contribution is 6.39. The van der Waals surface area contributed by atoms with Crippen LogP contribution in [0.5, 0.6) is 0 Å². The van der Waals surface area contributed by atoms with Crippen LogP contribution in [-0.4, -0.2) is 33.6 Å². The fourth-order valence-electron chi connectivity index (χ4n) is 4.42. The average molecular weight is 370 g/mol. The minimum absolute atomic E-state index is 0.309. The Bertz CT molecular complexity index is 868. The standard InChI is InChI=1S/C19H26N6O2/c1-3-11-6-4-5-7-14(11)25-15-12-8-9-21-16(12)22-10-13(15)17(24-25)23-19(27)18(26)20-2/h8-9,11,14,21-22H,3-7,10H2,1-2H3,(H,20,26)(H,23,24,27)/t11-,14+/m1/s1. The molecule has 2 atom stereocenters. The lowest BCUT2D eigenvalue weighted by Gasteiger charge is -2.32. The van der Waals surface area contributed by atoms with Crippen molar-refractivity contribution in [2.24, 2.45) is 5.92 Å². The molecule has 0 bridgehead atoms. The number of rotatable bonds is 3. The van der Waals surface area contributed by atoms with Gasteiger partial charge in [0.2, 0.25) is 0 Å². The molecule has 27 heavy (non-hydrogen) atoms. The van der Waals surface area contributed by atoms with Crippen LogP contribution in [-0.2, 0) is 16.1 Å². The van der Waals surface area contributed by atoms with Crippen molar-refractivity contribution in [1.82, 2.24) is 20.1 Å². The van der Waals surface area contributed by atoms with E-state index in [1.54, 1.807) is 0 Å². The Morgan fingerprint density at radius 3 is 2.89 bits per heavy atom. The summed E-state index contributed by atoms with van der Waals surface area (Å²) in [5.41, 5.74) is 3.03. The van der Waals surface area contributed by atoms with E-state index in [0.717, 1.165) is 35.5 Å². The number of anilines is 2. The van der Waals surface area contributed by atoms with Gasteiger partial charge in [-0.05, 0) is 24.8 Å². The molecule has 1 saturated carbocycles. The molecule has 2 amide bonds. The van der Waals surface area contributed by atoms with E-state index in [-0.39, 0.29) is 0 Å². The zero-order valence-electron chi connectivity index (χ0n) is 15.8. The maximum atomic E-state index is 12.1. The highest BCUT2D eigenvalue weighted by Crippen LogP contribution is 2.44. The molecule has 0 unspecified atom stereocenters. The molecule has 0 aromatic carbocycles. The Morgan fingerprint density at radius 2 is 2.11 bits per heavy atom. The van der Waals surface area contributed by atoms with Gasteiger partial charge in [0.15, 0.2) is 5.82 Å². The quantitative estimate of drug-likeness (QED) is 0.624. The van der Waals surface area contributed by atoms with Gasteiger partial charge in [0.25, 0.3) is 0 Å². The van der Waals surface area contributed by atoms with Crippen molar-refractivity contribution in [1.29, 1.82) is 0 Å². The first kappa shape index (κ1) is 17.6. The monoisotopic (exact) mass is 370 g/mol. The number of aromatic nitrogens is 3. The van der Waals surface area contributed by atoms with Crippen molar-refractivity contribution in [2.45, 2.75) is 51.6 Å². The fourth-order valence-corrected chi connectivity index (χ4v) is 4.42. The molecule has 2 aromatic rings. The second-order valence-electron chi connectivity index (χ2n) is 7.29. The van der Waals surface area contributed by atoms with Crippen molar-refractivity contribution in [3.8, 4) is 11.3 Å². The minimum Gasteiger partial charge on any atom is -0.367 e. The van der Waals surface area contributed by atoms with Gasteiger partial charge in [-0.15, -0.1) is 0 Å². The molecule has 4 rings (SSSR count). The predicted molar refractivity (Wildman–Crippen MR) is 103 cm³/mol. The van der Waals surface area contributed by atoms with Gasteiger partial charge in [0.05, 0.1) is 11.7 Å². The Labute approximate surface area is 158 Å². The highest BCUT2D eigenvalue weighted by atomic mass is 16.2. The summed E-state index contributed by atoms with van der Waals surface area (Å²) in [4.78, 5) is 27.0. The van der Waals surface area contributed by atoms with E-state index < -0.39 is 11.8 Å². The van der Waals surface area contributed by atoms with Gasteiger partial charge >= 0.3 is 11.8 Å². The Morgan fingerprint density at radius 1 is 1.30 bits per heavy atom. The Balaban J connectivity index is 1.79. The van der Waals surface area contributed by atoms with Crippen LogP contribution >= 0.6 is 0 Å². The number of aromatic amines is 1. The van der Waals surface area contributed by atoms with Crippen LogP contribution in [0.1, 0.15) is 50.6 Å². The summed E-state index contributed by atoms with van der Waals surface area (Å²) < 4.78 is 2.11. The largest absolute Gasteiger partial charge is 0.367 e. The maximum absolute atomic E-state index is 12.1. The number of hydrogen-bond acceptors (Lipinski definition) is 4. The van der Waals surface area contributed by atoms with E-state index in [2.05, 4.69) is 32.5 Å². The fraction of sp³-hybridized carbons (Fsp3) is 0.526. The predicted octanol–water partition coefficient (Wildman–Crippen LogP) is 2.63. The smallest absolute Gasteiger partial charge is 0.314 e. The van der Waals surface area contributed by atoms with E-state index in [1.807, 2.05) is 12.3 Å². The van der Waals surface area contributed by atoms with E-state index in [9.17, 15) is 9.59 Å². The first-order valence-electron chi connectivity index (χ1n) is 9.70. The van der Waals surface area contributed by atoms with Gasteiger partial charge in [0, 0.05) is 30.9 Å². The number of nitrogens with zero attached hydrogens (tertiary/aromatic N) is 2. The molecule has 4 N–H and O–H groups in total. The van der Waals surface area contributed by atoms with Crippen LogP contribution in [0, 0.1) is 5.92 Å².